The number of methoxy groups -OCH3 is 1. The molecule has 1 aromatic rings. The molecule has 0 fully saturated rings. The molecule has 100 valence electrons. The van der Waals surface area contributed by atoms with Crippen LogP contribution < -0.4 is 10.6 Å². The van der Waals surface area contributed by atoms with E-state index >= 15 is 0 Å². The maximum Gasteiger partial charge on any atom is 0.238 e. The molecular weight excluding hydrogens is 228 g/mol. The number of hydrogen-bond acceptors (Lipinski definition) is 3. The first kappa shape index (κ1) is 14.7. The number of anilines is 1. The van der Waals surface area contributed by atoms with Crippen LogP contribution in [0.1, 0.15) is 17.5 Å². The molecule has 0 saturated heterocycles. The average molecular weight is 250 g/mol. The fraction of sp³-hybridized carbons (Fsp3) is 0.500. The summed E-state index contributed by atoms with van der Waals surface area (Å²) < 4.78 is 4.93. The Morgan fingerprint density at radius 1 is 1.33 bits per heavy atom. The van der Waals surface area contributed by atoms with Crippen molar-refractivity contribution in [2.75, 3.05) is 32.1 Å². The highest BCUT2D eigenvalue weighted by molar-refractivity contribution is 5.93. The van der Waals surface area contributed by atoms with Crippen LogP contribution in [0.25, 0.3) is 0 Å². The average Bonchev–Trinajstić information content (AvgIpc) is 2.35. The van der Waals surface area contributed by atoms with Crippen LogP contribution in [0.15, 0.2) is 18.2 Å². The lowest BCUT2D eigenvalue weighted by atomic mass is 10.1. The van der Waals surface area contributed by atoms with Gasteiger partial charge in [0.1, 0.15) is 0 Å². The Morgan fingerprint density at radius 3 is 2.83 bits per heavy atom. The van der Waals surface area contributed by atoms with Crippen LogP contribution >= 0.6 is 0 Å². The van der Waals surface area contributed by atoms with Crippen LogP contribution in [0.3, 0.4) is 0 Å². The van der Waals surface area contributed by atoms with Gasteiger partial charge in [-0.05, 0) is 44.0 Å². The molecule has 0 radical (unpaired) electrons. The Bertz CT molecular complexity index is 391. The van der Waals surface area contributed by atoms with Gasteiger partial charge in [0.2, 0.25) is 5.91 Å². The fourth-order valence-electron chi connectivity index (χ4n) is 1.62. The van der Waals surface area contributed by atoms with Gasteiger partial charge < -0.3 is 15.4 Å². The molecule has 0 bridgehead atoms. The van der Waals surface area contributed by atoms with Crippen LogP contribution in [0.5, 0.6) is 0 Å². The minimum Gasteiger partial charge on any atom is -0.385 e. The van der Waals surface area contributed by atoms with E-state index in [1.165, 1.54) is 5.56 Å². The lowest BCUT2D eigenvalue weighted by Gasteiger charge is -2.10. The summed E-state index contributed by atoms with van der Waals surface area (Å²) in [5.74, 6) is -0.0129. The maximum absolute atomic E-state index is 11.7. The number of rotatable bonds is 7. The molecule has 1 aromatic carbocycles. The largest absolute Gasteiger partial charge is 0.385 e. The van der Waals surface area contributed by atoms with Crippen molar-refractivity contribution in [3.05, 3.63) is 29.3 Å². The van der Waals surface area contributed by atoms with Crippen LogP contribution in [-0.4, -0.2) is 32.7 Å². The van der Waals surface area contributed by atoms with Gasteiger partial charge in [0, 0.05) is 19.4 Å². The molecule has 0 spiro atoms. The molecule has 0 saturated carbocycles. The van der Waals surface area contributed by atoms with E-state index < -0.39 is 0 Å². The van der Waals surface area contributed by atoms with Crippen molar-refractivity contribution in [2.45, 2.75) is 20.3 Å². The van der Waals surface area contributed by atoms with Crippen molar-refractivity contribution in [1.82, 2.24) is 5.32 Å². The van der Waals surface area contributed by atoms with Gasteiger partial charge in [0.25, 0.3) is 0 Å². The number of carbonyl (C=O) groups excluding carboxylic acids is 1. The normalized spacial score (nSPS) is 10.4. The minimum atomic E-state index is -0.0129. The Kier molecular flexibility index (Phi) is 6.39. The molecule has 0 aliphatic carbocycles. The SMILES string of the molecule is COCCCNCC(=O)Nc1cccc(C)c1C. The van der Waals surface area contributed by atoms with Crippen molar-refractivity contribution in [3.63, 3.8) is 0 Å². The molecule has 0 aromatic heterocycles. The van der Waals surface area contributed by atoms with Gasteiger partial charge in [0.05, 0.1) is 6.54 Å². The van der Waals surface area contributed by atoms with Gasteiger partial charge in [-0.2, -0.15) is 0 Å². The van der Waals surface area contributed by atoms with E-state index in [1.54, 1.807) is 7.11 Å². The molecule has 2 N–H and O–H groups in total. The molecule has 0 heterocycles. The highest BCUT2D eigenvalue weighted by atomic mass is 16.5. The Labute approximate surface area is 109 Å². The first-order chi connectivity index (χ1) is 8.65. The highest BCUT2D eigenvalue weighted by Crippen LogP contribution is 2.17. The standard InChI is InChI=1S/C14H22N2O2/c1-11-6-4-7-13(12(11)2)16-14(17)10-15-8-5-9-18-3/h4,6-7,15H,5,8-10H2,1-3H3,(H,16,17). The molecule has 0 unspecified atom stereocenters. The zero-order valence-electron chi connectivity index (χ0n) is 11.4. The molecule has 1 rings (SSSR count). The summed E-state index contributed by atoms with van der Waals surface area (Å²) in [6, 6.07) is 5.91. The summed E-state index contributed by atoms with van der Waals surface area (Å²) >= 11 is 0. The van der Waals surface area contributed by atoms with Crippen LogP contribution in [0.4, 0.5) is 5.69 Å². The molecule has 18 heavy (non-hydrogen) atoms. The van der Waals surface area contributed by atoms with Crippen molar-refractivity contribution in [2.24, 2.45) is 0 Å². The third-order valence-corrected chi connectivity index (χ3v) is 2.87. The number of ether oxygens (including phenoxy) is 1. The van der Waals surface area contributed by atoms with Crippen molar-refractivity contribution in [1.29, 1.82) is 0 Å². The van der Waals surface area contributed by atoms with Gasteiger partial charge in [-0.3, -0.25) is 4.79 Å². The number of hydrogen-bond donors (Lipinski definition) is 2. The van der Waals surface area contributed by atoms with Crippen molar-refractivity contribution in [3.8, 4) is 0 Å². The van der Waals surface area contributed by atoms with E-state index in [0.29, 0.717) is 13.2 Å². The van der Waals surface area contributed by atoms with E-state index in [0.717, 1.165) is 24.2 Å². The van der Waals surface area contributed by atoms with E-state index in [2.05, 4.69) is 10.6 Å². The van der Waals surface area contributed by atoms with Crippen LogP contribution in [0, 0.1) is 13.8 Å². The number of benzene rings is 1. The number of aryl methyl sites for hydroxylation is 1. The Balaban J connectivity index is 2.34. The number of amides is 1. The van der Waals surface area contributed by atoms with Crippen molar-refractivity contribution >= 4 is 11.6 Å². The van der Waals surface area contributed by atoms with Gasteiger partial charge >= 0.3 is 0 Å². The quantitative estimate of drug-likeness (QED) is 0.726. The molecule has 4 heteroatoms. The number of carbonyl (C=O) groups is 1. The molecule has 0 atom stereocenters. The van der Waals surface area contributed by atoms with Crippen LogP contribution in [0.2, 0.25) is 0 Å². The second-order valence-electron chi connectivity index (χ2n) is 4.32. The second kappa shape index (κ2) is 7.84. The lowest BCUT2D eigenvalue weighted by molar-refractivity contribution is -0.115. The fourth-order valence-corrected chi connectivity index (χ4v) is 1.62. The zero-order valence-corrected chi connectivity index (χ0v) is 11.4. The second-order valence-corrected chi connectivity index (χ2v) is 4.32. The van der Waals surface area contributed by atoms with Gasteiger partial charge in [-0.1, -0.05) is 12.1 Å². The van der Waals surface area contributed by atoms with E-state index in [1.807, 2.05) is 32.0 Å². The molecule has 4 nitrogen and oxygen atoms in total. The smallest absolute Gasteiger partial charge is 0.238 e. The lowest BCUT2D eigenvalue weighted by Crippen LogP contribution is -2.29. The summed E-state index contributed by atoms with van der Waals surface area (Å²) in [5, 5.41) is 5.99. The Hall–Kier alpha value is -1.39. The third kappa shape index (κ3) is 4.85. The molecular formula is C14H22N2O2. The predicted molar refractivity (Wildman–Crippen MR) is 73.9 cm³/mol. The third-order valence-electron chi connectivity index (χ3n) is 2.87. The first-order valence-electron chi connectivity index (χ1n) is 6.21. The Morgan fingerprint density at radius 2 is 2.11 bits per heavy atom. The topological polar surface area (TPSA) is 50.4 Å². The summed E-state index contributed by atoms with van der Waals surface area (Å²) in [7, 11) is 1.67. The zero-order chi connectivity index (χ0) is 13.4. The molecule has 0 aliphatic heterocycles. The van der Waals surface area contributed by atoms with E-state index in [4.69, 9.17) is 4.74 Å². The van der Waals surface area contributed by atoms with Gasteiger partial charge in [-0.25, -0.2) is 0 Å². The van der Waals surface area contributed by atoms with E-state index in [-0.39, 0.29) is 5.91 Å². The van der Waals surface area contributed by atoms with Crippen LogP contribution in [-0.2, 0) is 9.53 Å². The van der Waals surface area contributed by atoms with E-state index in [9.17, 15) is 4.79 Å². The maximum atomic E-state index is 11.7. The number of nitrogens with one attached hydrogen (secondary N) is 2. The summed E-state index contributed by atoms with van der Waals surface area (Å²) in [6.07, 6.45) is 0.910. The monoisotopic (exact) mass is 250 g/mol. The van der Waals surface area contributed by atoms with Gasteiger partial charge in [0.15, 0.2) is 0 Å². The predicted octanol–water partition coefficient (Wildman–Crippen LogP) is 1.87. The molecule has 0 aliphatic rings. The van der Waals surface area contributed by atoms with Crippen molar-refractivity contribution < 1.29 is 9.53 Å². The summed E-state index contributed by atoms with van der Waals surface area (Å²) in [6.45, 7) is 5.88. The summed E-state index contributed by atoms with van der Waals surface area (Å²) in [4.78, 5) is 11.7. The highest BCUT2D eigenvalue weighted by Gasteiger charge is 2.05. The van der Waals surface area contributed by atoms with Gasteiger partial charge in [-0.15, -0.1) is 0 Å². The first-order valence-corrected chi connectivity index (χ1v) is 6.21. The summed E-state index contributed by atoms with van der Waals surface area (Å²) in [5.41, 5.74) is 3.18. The molecule has 1 amide bonds. The minimum absolute atomic E-state index is 0.0129.